The van der Waals surface area contributed by atoms with Crippen LogP contribution in [-0.4, -0.2) is 49.4 Å². The Bertz CT molecular complexity index is 1540. The van der Waals surface area contributed by atoms with Gasteiger partial charge in [0.05, 0.1) is 11.6 Å². The number of hydrogen-bond acceptors (Lipinski definition) is 8. The quantitative estimate of drug-likeness (QED) is 0.329. The van der Waals surface area contributed by atoms with Gasteiger partial charge in [-0.15, -0.1) is 0 Å². The molecule has 11 heteroatoms. The number of rotatable bonds is 6. The van der Waals surface area contributed by atoms with Crippen molar-refractivity contribution in [3.63, 3.8) is 0 Å². The SMILES string of the molecule is Cc1nc(-c2cccc(NC(=O)NCCC3CN(c4ncnc5[nH]ncc45)c4ccccc43)c2)no1. The third-order valence-corrected chi connectivity index (χ3v) is 6.24. The van der Waals surface area contributed by atoms with E-state index in [2.05, 4.69) is 58.0 Å². The zero-order valence-corrected chi connectivity index (χ0v) is 19.5. The highest BCUT2D eigenvalue weighted by molar-refractivity contribution is 5.91. The third-order valence-electron chi connectivity index (χ3n) is 6.24. The maximum atomic E-state index is 12.6. The first-order valence-corrected chi connectivity index (χ1v) is 11.6. The van der Waals surface area contributed by atoms with Crippen LogP contribution in [0, 0.1) is 6.92 Å². The summed E-state index contributed by atoms with van der Waals surface area (Å²) in [7, 11) is 0. The molecule has 0 saturated heterocycles. The number of benzene rings is 2. The number of hydrogen-bond donors (Lipinski definition) is 3. The standard InChI is InChI=1S/C25H23N9O2/c1-15-30-22(33-36-15)16-5-4-6-18(11-16)31-25(35)26-10-9-17-13-34(21-8-3-2-7-19(17)21)24-20-12-29-32-23(20)27-14-28-24/h2-8,11-12,14,17H,9-10,13H2,1H3,(H2,26,31,35)(H,27,28,29,32). The van der Waals surface area contributed by atoms with Gasteiger partial charge in [0.1, 0.15) is 12.1 Å². The smallest absolute Gasteiger partial charge is 0.319 e. The summed E-state index contributed by atoms with van der Waals surface area (Å²) < 4.78 is 5.04. The van der Waals surface area contributed by atoms with E-state index in [4.69, 9.17) is 4.52 Å². The normalized spacial score (nSPS) is 14.7. The van der Waals surface area contributed by atoms with Crippen molar-refractivity contribution < 1.29 is 9.32 Å². The van der Waals surface area contributed by atoms with Crippen molar-refractivity contribution in [2.75, 3.05) is 23.3 Å². The average molecular weight is 482 g/mol. The summed E-state index contributed by atoms with van der Waals surface area (Å²) in [6.45, 7) is 3.01. The Morgan fingerprint density at radius 1 is 1.19 bits per heavy atom. The van der Waals surface area contributed by atoms with E-state index in [9.17, 15) is 4.79 Å². The van der Waals surface area contributed by atoms with Crippen LogP contribution in [-0.2, 0) is 0 Å². The molecular weight excluding hydrogens is 458 g/mol. The fourth-order valence-electron chi connectivity index (χ4n) is 4.60. The van der Waals surface area contributed by atoms with Crippen LogP contribution in [0.3, 0.4) is 0 Å². The fourth-order valence-corrected chi connectivity index (χ4v) is 4.60. The van der Waals surface area contributed by atoms with Gasteiger partial charge >= 0.3 is 6.03 Å². The number of anilines is 3. The number of nitrogens with one attached hydrogen (secondary N) is 3. The number of aromatic amines is 1. The van der Waals surface area contributed by atoms with Crippen LogP contribution in [0.4, 0.5) is 22.0 Å². The molecule has 0 spiro atoms. The lowest BCUT2D eigenvalue weighted by molar-refractivity contribution is 0.252. The monoisotopic (exact) mass is 481 g/mol. The lowest BCUT2D eigenvalue weighted by Gasteiger charge is -2.19. The number of para-hydroxylation sites is 1. The van der Waals surface area contributed by atoms with Crippen molar-refractivity contribution in [1.29, 1.82) is 0 Å². The second kappa shape index (κ2) is 9.10. The van der Waals surface area contributed by atoms with E-state index in [1.165, 1.54) is 5.56 Å². The van der Waals surface area contributed by atoms with Crippen LogP contribution < -0.4 is 15.5 Å². The van der Waals surface area contributed by atoms with Crippen molar-refractivity contribution in [2.45, 2.75) is 19.3 Å². The number of fused-ring (bicyclic) bond motifs is 2. The Morgan fingerprint density at radius 2 is 2.11 bits per heavy atom. The zero-order chi connectivity index (χ0) is 24.5. The van der Waals surface area contributed by atoms with Crippen LogP contribution in [0.2, 0.25) is 0 Å². The minimum atomic E-state index is -0.268. The van der Waals surface area contributed by atoms with E-state index < -0.39 is 0 Å². The van der Waals surface area contributed by atoms with Crippen molar-refractivity contribution in [3.05, 3.63) is 72.5 Å². The molecule has 1 aliphatic rings. The molecule has 0 saturated carbocycles. The highest BCUT2D eigenvalue weighted by Gasteiger charge is 2.31. The van der Waals surface area contributed by atoms with Gasteiger partial charge in [-0.1, -0.05) is 35.5 Å². The molecule has 0 fully saturated rings. The molecule has 1 aliphatic heterocycles. The van der Waals surface area contributed by atoms with E-state index in [0.29, 0.717) is 29.6 Å². The summed E-state index contributed by atoms with van der Waals surface area (Å²) in [5, 5.41) is 17.7. The molecule has 3 N–H and O–H groups in total. The van der Waals surface area contributed by atoms with E-state index in [1.54, 1.807) is 19.4 Å². The van der Waals surface area contributed by atoms with Gasteiger partial charge < -0.3 is 20.1 Å². The second-order valence-corrected chi connectivity index (χ2v) is 8.58. The van der Waals surface area contributed by atoms with Crippen molar-refractivity contribution in [1.82, 2.24) is 35.6 Å². The van der Waals surface area contributed by atoms with Crippen LogP contribution in [0.15, 0.2) is 65.6 Å². The van der Waals surface area contributed by atoms with Gasteiger partial charge in [0.15, 0.2) is 5.65 Å². The summed E-state index contributed by atoms with van der Waals surface area (Å²) in [6.07, 6.45) is 4.08. The number of carbonyl (C=O) groups excluding carboxylic acids is 1. The van der Waals surface area contributed by atoms with Gasteiger partial charge in [-0.2, -0.15) is 10.1 Å². The number of amides is 2. The number of H-pyrrole nitrogens is 1. The maximum absolute atomic E-state index is 12.6. The molecular formula is C25H23N9O2. The number of aryl methyl sites for hydroxylation is 1. The maximum Gasteiger partial charge on any atom is 0.319 e. The van der Waals surface area contributed by atoms with Crippen molar-refractivity contribution >= 4 is 34.3 Å². The largest absolute Gasteiger partial charge is 0.339 e. The molecule has 1 atom stereocenters. The first-order valence-electron chi connectivity index (χ1n) is 11.6. The molecule has 2 amide bonds. The Balaban J connectivity index is 1.11. The number of nitrogens with zero attached hydrogens (tertiary/aromatic N) is 6. The number of aromatic nitrogens is 6. The Kier molecular flexibility index (Phi) is 5.49. The molecule has 0 radical (unpaired) electrons. The number of carbonyl (C=O) groups is 1. The minimum Gasteiger partial charge on any atom is -0.339 e. The fraction of sp³-hybridized carbons (Fsp3) is 0.200. The highest BCUT2D eigenvalue weighted by atomic mass is 16.5. The van der Waals surface area contributed by atoms with E-state index in [-0.39, 0.29) is 11.9 Å². The highest BCUT2D eigenvalue weighted by Crippen LogP contribution is 2.42. The van der Waals surface area contributed by atoms with Gasteiger partial charge in [0.2, 0.25) is 11.7 Å². The van der Waals surface area contributed by atoms with Crippen LogP contribution in [0.1, 0.15) is 23.8 Å². The molecule has 11 nitrogen and oxygen atoms in total. The summed E-state index contributed by atoms with van der Waals surface area (Å²) in [5.41, 5.74) is 4.47. The Labute approximate surface area is 206 Å². The molecule has 180 valence electrons. The molecule has 1 unspecified atom stereocenters. The van der Waals surface area contributed by atoms with Crippen LogP contribution in [0.5, 0.6) is 0 Å². The predicted molar refractivity (Wildman–Crippen MR) is 134 cm³/mol. The van der Waals surface area contributed by atoms with Gasteiger partial charge in [-0.25, -0.2) is 14.8 Å². The molecule has 4 heterocycles. The summed E-state index contributed by atoms with van der Waals surface area (Å²) in [5.74, 6) is 2.04. The molecule has 6 rings (SSSR count). The summed E-state index contributed by atoms with van der Waals surface area (Å²) in [6, 6.07) is 15.4. The van der Waals surface area contributed by atoms with Crippen LogP contribution in [0.25, 0.3) is 22.4 Å². The third kappa shape index (κ3) is 4.11. The molecule has 2 aromatic carbocycles. The van der Waals surface area contributed by atoms with Crippen molar-refractivity contribution in [2.24, 2.45) is 0 Å². The molecule has 36 heavy (non-hydrogen) atoms. The molecule has 0 bridgehead atoms. The first kappa shape index (κ1) is 21.7. The number of urea groups is 1. The van der Waals surface area contributed by atoms with Gasteiger partial charge in [0.25, 0.3) is 0 Å². The minimum absolute atomic E-state index is 0.239. The zero-order valence-electron chi connectivity index (χ0n) is 19.5. The Hall–Kier alpha value is -4.80. The van der Waals surface area contributed by atoms with E-state index >= 15 is 0 Å². The summed E-state index contributed by atoms with van der Waals surface area (Å²) in [4.78, 5) is 27.8. The van der Waals surface area contributed by atoms with E-state index in [0.717, 1.165) is 35.4 Å². The molecule has 5 aromatic rings. The van der Waals surface area contributed by atoms with E-state index in [1.807, 2.05) is 36.4 Å². The van der Waals surface area contributed by atoms with Gasteiger partial charge in [-0.3, -0.25) is 5.10 Å². The lowest BCUT2D eigenvalue weighted by Crippen LogP contribution is -2.30. The van der Waals surface area contributed by atoms with Crippen molar-refractivity contribution in [3.8, 4) is 11.4 Å². The first-order chi connectivity index (χ1) is 17.7. The topological polar surface area (TPSA) is 138 Å². The molecule has 0 aliphatic carbocycles. The van der Waals surface area contributed by atoms with Crippen LogP contribution >= 0.6 is 0 Å². The van der Waals surface area contributed by atoms with Gasteiger partial charge in [-0.05, 0) is 30.2 Å². The van der Waals surface area contributed by atoms with Gasteiger partial charge in [0, 0.05) is 42.9 Å². The summed E-state index contributed by atoms with van der Waals surface area (Å²) >= 11 is 0. The predicted octanol–water partition coefficient (Wildman–Crippen LogP) is 4.16. The second-order valence-electron chi connectivity index (χ2n) is 8.58. The Morgan fingerprint density at radius 3 is 3.00 bits per heavy atom. The lowest BCUT2D eigenvalue weighted by atomic mass is 9.98. The average Bonchev–Trinajstić information content (AvgIpc) is 3.63. The molecule has 3 aromatic heterocycles.